The summed E-state index contributed by atoms with van der Waals surface area (Å²) in [6, 6.07) is 8.91. The van der Waals surface area contributed by atoms with Gasteiger partial charge in [-0.3, -0.25) is 4.98 Å². The summed E-state index contributed by atoms with van der Waals surface area (Å²) in [5.41, 5.74) is 7.76. The summed E-state index contributed by atoms with van der Waals surface area (Å²) >= 11 is 0. The molecule has 0 radical (unpaired) electrons. The van der Waals surface area contributed by atoms with E-state index in [1.807, 2.05) is 20.9 Å². The van der Waals surface area contributed by atoms with Crippen LogP contribution in [-0.4, -0.2) is 18.6 Å². The second kappa shape index (κ2) is 9.46. The van der Waals surface area contributed by atoms with Gasteiger partial charge >= 0.3 is 0 Å². The molecule has 0 aliphatic rings. The third kappa shape index (κ3) is 4.90. The van der Waals surface area contributed by atoms with E-state index in [2.05, 4.69) is 62.3 Å². The van der Waals surface area contributed by atoms with Gasteiger partial charge in [-0.1, -0.05) is 32.4 Å². The topological polar surface area (TPSA) is 24.9 Å². The standard InChI is InChI=1S/C19H26N2.C2H6/c1-6-15-11-14(4)21-19-8-7-16(12-18(15)19)17(13(2)3)9-10-20-5;1-2/h7-8,11-12,20H,6,9-10H2,1-5H3;1-2H3. The SMILES string of the molecule is CC.CCc1cc(C)nc2ccc(C(CCNC)=C(C)C)cc12. The zero-order chi connectivity index (χ0) is 17.4. The molecule has 2 heteroatoms. The number of aryl methyl sites for hydroxylation is 2. The molecule has 0 saturated carbocycles. The van der Waals surface area contributed by atoms with Crippen LogP contribution in [0.15, 0.2) is 29.8 Å². The Hall–Kier alpha value is -1.67. The molecule has 0 unspecified atom stereocenters. The number of nitrogens with one attached hydrogen (secondary N) is 1. The van der Waals surface area contributed by atoms with Crippen LogP contribution in [0.4, 0.5) is 0 Å². The van der Waals surface area contributed by atoms with Crippen molar-refractivity contribution in [2.45, 2.75) is 54.4 Å². The lowest BCUT2D eigenvalue weighted by Crippen LogP contribution is -2.08. The van der Waals surface area contributed by atoms with Crippen molar-refractivity contribution in [1.82, 2.24) is 10.3 Å². The van der Waals surface area contributed by atoms with Gasteiger partial charge in [0.05, 0.1) is 5.52 Å². The van der Waals surface area contributed by atoms with Gasteiger partial charge in [0.15, 0.2) is 0 Å². The fourth-order valence-corrected chi connectivity index (χ4v) is 2.86. The molecule has 1 N–H and O–H groups in total. The van der Waals surface area contributed by atoms with E-state index in [1.54, 1.807) is 0 Å². The molecule has 126 valence electrons. The Morgan fingerprint density at radius 3 is 2.39 bits per heavy atom. The first kappa shape index (κ1) is 19.4. The van der Waals surface area contributed by atoms with Crippen molar-refractivity contribution in [3.8, 4) is 0 Å². The molecule has 2 nitrogen and oxygen atoms in total. The van der Waals surface area contributed by atoms with Crippen molar-refractivity contribution >= 4 is 16.5 Å². The van der Waals surface area contributed by atoms with Crippen molar-refractivity contribution < 1.29 is 0 Å². The molecule has 23 heavy (non-hydrogen) atoms. The highest BCUT2D eigenvalue weighted by atomic mass is 14.8. The third-order valence-corrected chi connectivity index (χ3v) is 3.98. The molecule has 1 aromatic heterocycles. The Labute approximate surface area is 142 Å². The maximum absolute atomic E-state index is 4.66. The van der Waals surface area contributed by atoms with Crippen molar-refractivity contribution in [3.63, 3.8) is 0 Å². The maximum Gasteiger partial charge on any atom is 0.0708 e. The number of pyridine rings is 1. The Bertz CT molecular complexity index is 665. The number of nitrogens with zero attached hydrogens (tertiary/aromatic N) is 1. The molecule has 0 aliphatic carbocycles. The summed E-state index contributed by atoms with van der Waals surface area (Å²) in [7, 11) is 2.00. The van der Waals surface area contributed by atoms with Crippen molar-refractivity contribution in [2.24, 2.45) is 0 Å². The van der Waals surface area contributed by atoms with Gasteiger partial charge < -0.3 is 5.32 Å². The van der Waals surface area contributed by atoms with Crippen LogP contribution in [0.5, 0.6) is 0 Å². The van der Waals surface area contributed by atoms with Crippen LogP contribution < -0.4 is 5.32 Å². The molecule has 0 atom stereocenters. The van der Waals surface area contributed by atoms with Gasteiger partial charge in [0.2, 0.25) is 0 Å². The van der Waals surface area contributed by atoms with Crippen molar-refractivity contribution in [3.05, 3.63) is 46.7 Å². The van der Waals surface area contributed by atoms with Crippen LogP contribution in [0, 0.1) is 6.92 Å². The lowest BCUT2D eigenvalue weighted by atomic mass is 9.95. The molecule has 2 rings (SSSR count). The molecular formula is C21H32N2. The smallest absolute Gasteiger partial charge is 0.0708 e. The van der Waals surface area contributed by atoms with Crippen LogP contribution in [0.1, 0.15) is 57.9 Å². The number of fused-ring (bicyclic) bond motifs is 1. The number of hydrogen-bond donors (Lipinski definition) is 1. The number of allylic oxidation sites excluding steroid dienone is 1. The average molecular weight is 313 g/mol. The Kier molecular flexibility index (Phi) is 7.97. The lowest BCUT2D eigenvalue weighted by molar-refractivity contribution is 0.813. The van der Waals surface area contributed by atoms with Crippen LogP contribution >= 0.6 is 0 Å². The summed E-state index contributed by atoms with van der Waals surface area (Å²) in [4.78, 5) is 4.66. The lowest BCUT2D eigenvalue weighted by Gasteiger charge is -2.13. The van der Waals surface area contributed by atoms with Crippen LogP contribution in [0.25, 0.3) is 16.5 Å². The predicted molar refractivity (Wildman–Crippen MR) is 104 cm³/mol. The molecule has 0 bridgehead atoms. The summed E-state index contributed by atoms with van der Waals surface area (Å²) in [5, 5.41) is 4.54. The quantitative estimate of drug-likeness (QED) is 0.784. The normalized spacial score (nSPS) is 10.2. The second-order valence-electron chi connectivity index (χ2n) is 5.84. The van der Waals surface area contributed by atoms with Gasteiger partial charge in [0.1, 0.15) is 0 Å². The van der Waals surface area contributed by atoms with Crippen LogP contribution in [0.3, 0.4) is 0 Å². The number of hydrogen-bond acceptors (Lipinski definition) is 2. The summed E-state index contributed by atoms with van der Waals surface area (Å²) in [6.07, 6.45) is 2.11. The number of benzene rings is 1. The Morgan fingerprint density at radius 1 is 1.13 bits per heavy atom. The van der Waals surface area contributed by atoms with Crippen LogP contribution in [0.2, 0.25) is 0 Å². The summed E-state index contributed by atoms with van der Waals surface area (Å²) in [6.45, 7) is 13.7. The minimum Gasteiger partial charge on any atom is -0.319 e. The van der Waals surface area contributed by atoms with E-state index in [-0.39, 0.29) is 0 Å². The molecule has 1 aromatic carbocycles. The molecule has 0 spiro atoms. The van der Waals surface area contributed by atoms with Crippen LogP contribution in [-0.2, 0) is 6.42 Å². The highest BCUT2D eigenvalue weighted by Crippen LogP contribution is 2.27. The van der Waals surface area contributed by atoms with E-state index in [0.717, 1.165) is 30.6 Å². The predicted octanol–water partition coefficient (Wildman–Crippen LogP) is 5.53. The van der Waals surface area contributed by atoms with E-state index in [0.29, 0.717) is 0 Å². The minimum atomic E-state index is 1.01. The highest BCUT2D eigenvalue weighted by molar-refractivity contribution is 5.86. The first-order valence-electron chi connectivity index (χ1n) is 8.78. The van der Waals surface area contributed by atoms with E-state index in [4.69, 9.17) is 0 Å². The first-order valence-corrected chi connectivity index (χ1v) is 8.78. The molecule has 0 fully saturated rings. The third-order valence-electron chi connectivity index (χ3n) is 3.98. The van der Waals surface area contributed by atoms with Gasteiger partial charge in [-0.15, -0.1) is 0 Å². The zero-order valence-corrected chi connectivity index (χ0v) is 15.9. The fraction of sp³-hybridized carbons (Fsp3) is 0.476. The fourth-order valence-electron chi connectivity index (χ4n) is 2.86. The van der Waals surface area contributed by atoms with E-state index < -0.39 is 0 Å². The maximum atomic E-state index is 4.66. The highest BCUT2D eigenvalue weighted by Gasteiger charge is 2.08. The van der Waals surface area contributed by atoms with Crippen molar-refractivity contribution in [1.29, 1.82) is 0 Å². The van der Waals surface area contributed by atoms with Gasteiger partial charge in [-0.05, 0) is 82.1 Å². The molecule has 1 heterocycles. The van der Waals surface area contributed by atoms with E-state index >= 15 is 0 Å². The van der Waals surface area contributed by atoms with Gasteiger partial charge in [-0.2, -0.15) is 0 Å². The Balaban J connectivity index is 0.00000127. The molecular weight excluding hydrogens is 280 g/mol. The molecule has 0 amide bonds. The molecule has 0 aliphatic heterocycles. The number of rotatable bonds is 5. The van der Waals surface area contributed by atoms with Gasteiger partial charge in [-0.25, -0.2) is 0 Å². The van der Waals surface area contributed by atoms with Crippen molar-refractivity contribution in [2.75, 3.05) is 13.6 Å². The average Bonchev–Trinajstić information content (AvgIpc) is 2.56. The first-order chi connectivity index (χ1) is 11.1. The van der Waals surface area contributed by atoms with Gasteiger partial charge in [0, 0.05) is 11.1 Å². The van der Waals surface area contributed by atoms with E-state index in [9.17, 15) is 0 Å². The summed E-state index contributed by atoms with van der Waals surface area (Å²) in [5.74, 6) is 0. The Morgan fingerprint density at radius 2 is 1.83 bits per heavy atom. The largest absolute Gasteiger partial charge is 0.319 e. The monoisotopic (exact) mass is 312 g/mol. The number of aromatic nitrogens is 1. The van der Waals surface area contributed by atoms with E-state index in [1.165, 1.54) is 27.7 Å². The van der Waals surface area contributed by atoms with Gasteiger partial charge in [0.25, 0.3) is 0 Å². The second-order valence-corrected chi connectivity index (χ2v) is 5.84. The molecule has 2 aromatic rings. The molecule has 0 saturated heterocycles. The zero-order valence-electron chi connectivity index (χ0n) is 15.9. The minimum absolute atomic E-state index is 1.01. The summed E-state index contributed by atoms with van der Waals surface area (Å²) < 4.78 is 0.